The number of carbonyl (C=O) groups is 1. The van der Waals surface area contributed by atoms with Gasteiger partial charge < -0.3 is 15.3 Å². The predicted molar refractivity (Wildman–Crippen MR) is 85.2 cm³/mol. The van der Waals surface area contributed by atoms with Gasteiger partial charge in [0.1, 0.15) is 0 Å². The number of rotatable bonds is 3. The maximum absolute atomic E-state index is 12.3. The van der Waals surface area contributed by atoms with Gasteiger partial charge in [0, 0.05) is 31.9 Å². The van der Waals surface area contributed by atoms with Crippen LogP contribution in [0.1, 0.15) is 6.42 Å². The molecule has 7 heteroatoms. The van der Waals surface area contributed by atoms with E-state index in [-0.39, 0.29) is 12.6 Å². The lowest BCUT2D eigenvalue weighted by Crippen LogP contribution is -2.38. The molecule has 0 spiro atoms. The third kappa shape index (κ3) is 4.74. The third-order valence-electron chi connectivity index (χ3n) is 3.46. The summed E-state index contributed by atoms with van der Waals surface area (Å²) in [7, 11) is 0. The monoisotopic (exact) mass is 331 g/mol. The van der Waals surface area contributed by atoms with Crippen molar-refractivity contribution in [3.63, 3.8) is 0 Å². The average molecular weight is 332 g/mol. The van der Waals surface area contributed by atoms with Crippen molar-refractivity contribution in [2.24, 2.45) is 0 Å². The van der Waals surface area contributed by atoms with E-state index < -0.39 is 0 Å². The van der Waals surface area contributed by atoms with Gasteiger partial charge in [-0.1, -0.05) is 23.2 Å². The molecule has 2 amide bonds. The summed E-state index contributed by atoms with van der Waals surface area (Å²) in [4.78, 5) is 16.2. The lowest BCUT2D eigenvalue weighted by Gasteiger charge is -2.22. The Balaban J connectivity index is 1.92. The highest BCUT2D eigenvalue weighted by Crippen LogP contribution is 2.25. The maximum Gasteiger partial charge on any atom is 0.321 e. The molecule has 116 valence electrons. The van der Waals surface area contributed by atoms with Crippen molar-refractivity contribution in [3.8, 4) is 0 Å². The molecule has 0 aromatic heterocycles. The van der Waals surface area contributed by atoms with Crippen LogP contribution in [0.2, 0.25) is 10.0 Å². The molecule has 0 atom stereocenters. The molecule has 1 fully saturated rings. The van der Waals surface area contributed by atoms with Gasteiger partial charge in [0.05, 0.1) is 16.7 Å². The van der Waals surface area contributed by atoms with Crippen LogP contribution in [0.25, 0.3) is 0 Å². The van der Waals surface area contributed by atoms with Crippen LogP contribution in [0.4, 0.5) is 10.5 Å². The molecule has 1 heterocycles. The number of aliphatic hydroxyl groups is 1. The normalized spacial score (nSPS) is 16.6. The van der Waals surface area contributed by atoms with Crippen LogP contribution >= 0.6 is 23.2 Å². The highest BCUT2D eigenvalue weighted by Gasteiger charge is 2.19. The smallest absolute Gasteiger partial charge is 0.321 e. The van der Waals surface area contributed by atoms with E-state index in [2.05, 4.69) is 10.2 Å². The quantitative estimate of drug-likeness (QED) is 0.894. The van der Waals surface area contributed by atoms with Crippen LogP contribution in [0.5, 0.6) is 0 Å². The topological polar surface area (TPSA) is 55.8 Å². The Hall–Kier alpha value is -1.01. The summed E-state index contributed by atoms with van der Waals surface area (Å²) in [6, 6.07) is 4.88. The molecular weight excluding hydrogens is 313 g/mol. The van der Waals surface area contributed by atoms with Gasteiger partial charge in [-0.3, -0.25) is 4.90 Å². The number of halogens is 2. The second kappa shape index (κ2) is 7.84. The van der Waals surface area contributed by atoms with E-state index in [1.165, 1.54) is 0 Å². The molecule has 5 nitrogen and oxygen atoms in total. The number of hydrogen-bond acceptors (Lipinski definition) is 3. The molecule has 1 aromatic carbocycles. The molecule has 1 aliphatic heterocycles. The highest BCUT2D eigenvalue weighted by molar-refractivity contribution is 6.42. The Morgan fingerprint density at radius 1 is 1.19 bits per heavy atom. The third-order valence-corrected chi connectivity index (χ3v) is 4.20. The van der Waals surface area contributed by atoms with Crippen LogP contribution in [0.3, 0.4) is 0 Å². The number of hydrogen-bond donors (Lipinski definition) is 2. The van der Waals surface area contributed by atoms with Crippen molar-refractivity contribution in [1.82, 2.24) is 9.80 Å². The molecule has 2 N–H and O–H groups in total. The molecule has 0 aliphatic carbocycles. The van der Waals surface area contributed by atoms with Gasteiger partial charge in [0.15, 0.2) is 0 Å². The van der Waals surface area contributed by atoms with Crippen LogP contribution in [-0.2, 0) is 0 Å². The molecule has 1 aliphatic rings. The van der Waals surface area contributed by atoms with Crippen molar-refractivity contribution in [3.05, 3.63) is 28.2 Å². The fourth-order valence-electron chi connectivity index (χ4n) is 2.32. The summed E-state index contributed by atoms with van der Waals surface area (Å²) in [5, 5.41) is 12.7. The summed E-state index contributed by atoms with van der Waals surface area (Å²) in [6.07, 6.45) is 0.898. The molecule has 0 radical (unpaired) electrons. The molecule has 21 heavy (non-hydrogen) atoms. The molecule has 0 unspecified atom stereocenters. The number of amides is 2. The molecule has 0 bridgehead atoms. The van der Waals surface area contributed by atoms with Gasteiger partial charge >= 0.3 is 6.03 Å². The second-order valence-electron chi connectivity index (χ2n) is 4.96. The Kier molecular flexibility index (Phi) is 6.11. The minimum atomic E-state index is -0.140. The van der Waals surface area contributed by atoms with Crippen LogP contribution < -0.4 is 5.32 Å². The molecule has 2 rings (SSSR count). The number of carbonyl (C=O) groups excluding carboxylic acids is 1. The van der Waals surface area contributed by atoms with Crippen molar-refractivity contribution in [2.45, 2.75) is 6.42 Å². The van der Waals surface area contributed by atoms with Gasteiger partial charge in [-0.25, -0.2) is 4.79 Å². The Morgan fingerprint density at radius 3 is 2.71 bits per heavy atom. The minimum absolute atomic E-state index is 0.140. The predicted octanol–water partition coefficient (Wildman–Crippen LogP) is 2.53. The second-order valence-corrected chi connectivity index (χ2v) is 5.78. The largest absolute Gasteiger partial charge is 0.395 e. The first-order valence-corrected chi connectivity index (χ1v) is 7.70. The van der Waals surface area contributed by atoms with Gasteiger partial charge in [0.25, 0.3) is 0 Å². The minimum Gasteiger partial charge on any atom is -0.395 e. The first-order chi connectivity index (χ1) is 10.1. The van der Waals surface area contributed by atoms with Crippen molar-refractivity contribution in [1.29, 1.82) is 0 Å². The maximum atomic E-state index is 12.3. The zero-order chi connectivity index (χ0) is 15.2. The SMILES string of the molecule is O=C(Nc1ccc(Cl)c(Cl)c1)N1CCCN(CCO)CC1. The fourth-order valence-corrected chi connectivity index (χ4v) is 2.61. The lowest BCUT2D eigenvalue weighted by molar-refractivity contribution is 0.194. The zero-order valence-electron chi connectivity index (χ0n) is 11.7. The molecule has 1 saturated heterocycles. The van der Waals surface area contributed by atoms with Crippen molar-refractivity contribution < 1.29 is 9.90 Å². The Labute approximate surface area is 134 Å². The van der Waals surface area contributed by atoms with Gasteiger partial charge in [0.2, 0.25) is 0 Å². The van der Waals surface area contributed by atoms with Gasteiger partial charge in [-0.2, -0.15) is 0 Å². The molecular formula is C14H19Cl2N3O2. The molecule has 1 aromatic rings. The van der Waals surface area contributed by atoms with Gasteiger partial charge in [-0.15, -0.1) is 0 Å². The van der Waals surface area contributed by atoms with E-state index in [4.69, 9.17) is 28.3 Å². The highest BCUT2D eigenvalue weighted by atomic mass is 35.5. The van der Waals surface area contributed by atoms with E-state index in [1.54, 1.807) is 23.1 Å². The summed E-state index contributed by atoms with van der Waals surface area (Å²) in [5.41, 5.74) is 0.630. The summed E-state index contributed by atoms with van der Waals surface area (Å²) in [5.74, 6) is 0. The number of urea groups is 1. The average Bonchev–Trinajstić information content (AvgIpc) is 2.69. The van der Waals surface area contributed by atoms with Crippen LogP contribution in [0.15, 0.2) is 18.2 Å². The van der Waals surface area contributed by atoms with E-state index in [0.29, 0.717) is 35.4 Å². The number of aliphatic hydroxyl groups excluding tert-OH is 1. The number of anilines is 1. The van der Waals surface area contributed by atoms with Gasteiger partial charge in [-0.05, 0) is 31.2 Å². The lowest BCUT2D eigenvalue weighted by atomic mass is 10.3. The van der Waals surface area contributed by atoms with E-state index >= 15 is 0 Å². The van der Waals surface area contributed by atoms with Crippen molar-refractivity contribution in [2.75, 3.05) is 44.6 Å². The number of nitrogens with one attached hydrogen (secondary N) is 1. The molecule has 0 saturated carbocycles. The summed E-state index contributed by atoms with van der Waals surface area (Å²) in [6.45, 7) is 3.83. The number of nitrogens with zero attached hydrogens (tertiary/aromatic N) is 2. The first kappa shape index (κ1) is 16.4. The van der Waals surface area contributed by atoms with Crippen LogP contribution in [-0.4, -0.2) is 60.3 Å². The fraction of sp³-hybridized carbons (Fsp3) is 0.500. The first-order valence-electron chi connectivity index (χ1n) is 6.94. The van der Waals surface area contributed by atoms with E-state index in [9.17, 15) is 4.79 Å². The number of benzene rings is 1. The number of β-amino-alcohol motifs (C(OH)–C–C–N with tert-alkyl or cyclic N) is 1. The Morgan fingerprint density at radius 2 is 2.00 bits per heavy atom. The van der Waals surface area contributed by atoms with E-state index in [1.807, 2.05) is 0 Å². The zero-order valence-corrected chi connectivity index (χ0v) is 13.2. The van der Waals surface area contributed by atoms with Crippen LogP contribution in [0, 0.1) is 0 Å². The summed E-state index contributed by atoms with van der Waals surface area (Å²) < 4.78 is 0. The summed E-state index contributed by atoms with van der Waals surface area (Å²) >= 11 is 11.8. The van der Waals surface area contributed by atoms with Crippen molar-refractivity contribution >= 4 is 34.9 Å². The Bertz CT molecular complexity index is 499. The standard InChI is InChI=1S/C14H19Cl2N3O2/c15-12-3-2-11(10-13(12)16)17-14(21)19-5-1-4-18(6-7-19)8-9-20/h2-3,10,20H,1,4-9H2,(H,17,21). The van der Waals surface area contributed by atoms with E-state index in [0.717, 1.165) is 19.5 Å².